The fraction of sp³-hybridized carbons (Fsp3) is 0.750. The Balaban J connectivity index is 2.14. The molecule has 1 aromatic rings. The van der Waals surface area contributed by atoms with Crippen molar-refractivity contribution < 1.29 is 0 Å². The van der Waals surface area contributed by atoms with Crippen LogP contribution in [-0.2, 0) is 0 Å². The van der Waals surface area contributed by atoms with E-state index in [1.807, 2.05) is 6.07 Å². The Morgan fingerprint density at radius 3 is 2.50 bits per heavy atom. The number of hydrogen-bond donors (Lipinski definition) is 1. The second-order valence-electron chi connectivity index (χ2n) is 6.24. The van der Waals surface area contributed by atoms with E-state index in [2.05, 4.69) is 31.9 Å². The first-order chi connectivity index (χ1) is 9.52. The van der Waals surface area contributed by atoms with Crippen LogP contribution in [0.5, 0.6) is 0 Å². The summed E-state index contributed by atoms with van der Waals surface area (Å²) in [6.45, 7) is 4.54. The molecule has 4 heteroatoms. The van der Waals surface area contributed by atoms with Crippen molar-refractivity contribution in [1.82, 2.24) is 4.90 Å². The third kappa shape index (κ3) is 3.76. The standard InChI is InChI=1S/C16H27ClN2S/c1-4-13(18)16(14-9-10-15(17)20-14)19(3)12-7-5-11(2)6-8-12/h9-13,16H,4-8,18H2,1-3H3. The van der Waals surface area contributed by atoms with E-state index >= 15 is 0 Å². The monoisotopic (exact) mass is 314 g/mol. The van der Waals surface area contributed by atoms with Gasteiger partial charge in [0.1, 0.15) is 0 Å². The average Bonchev–Trinajstić information content (AvgIpc) is 2.85. The van der Waals surface area contributed by atoms with Gasteiger partial charge in [-0.25, -0.2) is 0 Å². The van der Waals surface area contributed by atoms with E-state index in [-0.39, 0.29) is 6.04 Å². The number of hydrogen-bond acceptors (Lipinski definition) is 3. The maximum Gasteiger partial charge on any atom is 0.0931 e. The quantitative estimate of drug-likeness (QED) is 0.854. The second-order valence-corrected chi connectivity index (χ2v) is 7.98. The van der Waals surface area contributed by atoms with E-state index in [0.29, 0.717) is 12.1 Å². The van der Waals surface area contributed by atoms with Crippen LogP contribution in [0.15, 0.2) is 12.1 Å². The van der Waals surface area contributed by atoms with Crippen molar-refractivity contribution in [3.8, 4) is 0 Å². The second kappa shape index (κ2) is 7.26. The SMILES string of the molecule is CCC(N)C(c1ccc(Cl)s1)N(C)C1CCC(C)CC1. The first-order valence-electron chi connectivity index (χ1n) is 7.75. The van der Waals surface area contributed by atoms with Crippen molar-refractivity contribution in [3.63, 3.8) is 0 Å². The van der Waals surface area contributed by atoms with Crippen LogP contribution in [0.2, 0.25) is 4.34 Å². The van der Waals surface area contributed by atoms with E-state index < -0.39 is 0 Å². The van der Waals surface area contributed by atoms with E-state index in [9.17, 15) is 0 Å². The molecule has 1 aliphatic rings. The molecule has 0 radical (unpaired) electrons. The highest BCUT2D eigenvalue weighted by molar-refractivity contribution is 7.16. The molecule has 1 aliphatic carbocycles. The summed E-state index contributed by atoms with van der Waals surface area (Å²) in [6, 6.07) is 5.28. The minimum Gasteiger partial charge on any atom is -0.326 e. The van der Waals surface area contributed by atoms with E-state index in [1.54, 1.807) is 11.3 Å². The number of likely N-dealkylation sites (N-methyl/N-ethyl adjacent to an activating group) is 1. The molecule has 2 rings (SSSR count). The van der Waals surface area contributed by atoms with Crippen LogP contribution >= 0.6 is 22.9 Å². The maximum absolute atomic E-state index is 6.42. The van der Waals surface area contributed by atoms with Crippen LogP contribution < -0.4 is 5.73 Å². The van der Waals surface area contributed by atoms with Crippen molar-refractivity contribution in [3.05, 3.63) is 21.3 Å². The van der Waals surface area contributed by atoms with Crippen LogP contribution in [0.1, 0.15) is 56.9 Å². The fourth-order valence-corrected chi connectivity index (χ4v) is 4.59. The molecule has 2 atom stereocenters. The van der Waals surface area contributed by atoms with Gasteiger partial charge in [-0.05, 0) is 57.2 Å². The molecule has 20 heavy (non-hydrogen) atoms. The molecule has 0 spiro atoms. The largest absolute Gasteiger partial charge is 0.326 e. The predicted molar refractivity (Wildman–Crippen MR) is 89.5 cm³/mol. The topological polar surface area (TPSA) is 29.3 Å². The third-order valence-electron chi connectivity index (χ3n) is 4.76. The van der Waals surface area contributed by atoms with Gasteiger partial charge in [0.2, 0.25) is 0 Å². The average molecular weight is 315 g/mol. The molecule has 0 aromatic carbocycles. The highest BCUT2D eigenvalue weighted by atomic mass is 35.5. The van der Waals surface area contributed by atoms with Gasteiger partial charge in [-0.1, -0.05) is 25.4 Å². The zero-order valence-corrected chi connectivity index (χ0v) is 14.4. The highest BCUT2D eigenvalue weighted by Gasteiger charge is 2.31. The fourth-order valence-electron chi connectivity index (χ4n) is 3.30. The van der Waals surface area contributed by atoms with Crippen molar-refractivity contribution in [2.75, 3.05) is 7.05 Å². The molecule has 1 aromatic heterocycles. The van der Waals surface area contributed by atoms with Gasteiger partial charge >= 0.3 is 0 Å². The molecule has 1 saturated carbocycles. The van der Waals surface area contributed by atoms with Gasteiger partial charge in [0.25, 0.3) is 0 Å². The summed E-state index contributed by atoms with van der Waals surface area (Å²) in [5.41, 5.74) is 6.42. The number of nitrogens with zero attached hydrogens (tertiary/aromatic N) is 1. The molecule has 2 unspecified atom stereocenters. The molecule has 2 nitrogen and oxygen atoms in total. The Kier molecular flexibility index (Phi) is 5.91. The van der Waals surface area contributed by atoms with Crippen LogP contribution in [0.25, 0.3) is 0 Å². The van der Waals surface area contributed by atoms with Crippen LogP contribution in [0.3, 0.4) is 0 Å². The molecular weight excluding hydrogens is 288 g/mol. The highest BCUT2D eigenvalue weighted by Crippen LogP contribution is 2.36. The summed E-state index contributed by atoms with van der Waals surface area (Å²) >= 11 is 7.80. The van der Waals surface area contributed by atoms with Gasteiger partial charge in [0.15, 0.2) is 0 Å². The lowest BCUT2D eigenvalue weighted by molar-refractivity contribution is 0.108. The Hall–Kier alpha value is -0.0900. The zero-order valence-electron chi connectivity index (χ0n) is 12.8. The van der Waals surface area contributed by atoms with Crippen molar-refractivity contribution in [2.45, 2.75) is 64.1 Å². The first kappa shape index (κ1) is 16.3. The number of nitrogens with two attached hydrogens (primary N) is 1. The minimum atomic E-state index is 0.175. The van der Waals surface area contributed by atoms with E-state index in [4.69, 9.17) is 17.3 Å². The molecule has 2 N–H and O–H groups in total. The third-order valence-corrected chi connectivity index (χ3v) is 6.06. The summed E-state index contributed by atoms with van der Waals surface area (Å²) in [7, 11) is 2.24. The summed E-state index contributed by atoms with van der Waals surface area (Å²) < 4.78 is 0.860. The van der Waals surface area contributed by atoms with Crippen molar-refractivity contribution in [2.24, 2.45) is 11.7 Å². The van der Waals surface area contributed by atoms with Gasteiger partial charge in [-0.15, -0.1) is 11.3 Å². The molecule has 1 heterocycles. The maximum atomic E-state index is 6.42. The predicted octanol–water partition coefficient (Wildman–Crippen LogP) is 4.69. The van der Waals surface area contributed by atoms with Gasteiger partial charge in [-0.2, -0.15) is 0 Å². The van der Waals surface area contributed by atoms with Gasteiger partial charge < -0.3 is 5.73 Å². The Morgan fingerprint density at radius 2 is 2.00 bits per heavy atom. The lowest BCUT2D eigenvalue weighted by Gasteiger charge is -2.40. The Labute approximate surface area is 132 Å². The molecule has 0 saturated heterocycles. The molecule has 0 aliphatic heterocycles. The van der Waals surface area contributed by atoms with Crippen LogP contribution in [0.4, 0.5) is 0 Å². The summed E-state index contributed by atoms with van der Waals surface area (Å²) in [5, 5.41) is 0. The molecule has 0 bridgehead atoms. The zero-order chi connectivity index (χ0) is 14.7. The van der Waals surface area contributed by atoms with Crippen LogP contribution in [-0.4, -0.2) is 24.0 Å². The lowest BCUT2D eigenvalue weighted by Crippen LogP contribution is -2.44. The summed E-state index contributed by atoms with van der Waals surface area (Å²) in [6.07, 6.45) is 6.27. The van der Waals surface area contributed by atoms with Gasteiger partial charge in [-0.3, -0.25) is 4.90 Å². The Morgan fingerprint density at radius 1 is 1.35 bits per heavy atom. The summed E-state index contributed by atoms with van der Waals surface area (Å²) in [5.74, 6) is 0.883. The Bertz CT molecular complexity index is 412. The number of halogens is 1. The molecule has 1 fully saturated rings. The molecular formula is C16H27ClN2S. The normalized spacial score (nSPS) is 26.7. The lowest BCUT2D eigenvalue weighted by atomic mass is 9.85. The van der Waals surface area contributed by atoms with Crippen molar-refractivity contribution >= 4 is 22.9 Å². The van der Waals surface area contributed by atoms with Gasteiger partial charge in [0.05, 0.1) is 10.4 Å². The minimum absolute atomic E-state index is 0.175. The van der Waals surface area contributed by atoms with E-state index in [0.717, 1.165) is 16.7 Å². The molecule has 114 valence electrons. The van der Waals surface area contributed by atoms with Crippen molar-refractivity contribution in [1.29, 1.82) is 0 Å². The van der Waals surface area contributed by atoms with E-state index in [1.165, 1.54) is 30.6 Å². The smallest absolute Gasteiger partial charge is 0.0931 e. The number of thiophene rings is 1. The van der Waals surface area contributed by atoms with Gasteiger partial charge in [0, 0.05) is 17.0 Å². The first-order valence-corrected chi connectivity index (χ1v) is 8.95. The van der Waals surface area contributed by atoms with Crippen LogP contribution in [0, 0.1) is 5.92 Å². The molecule has 0 amide bonds. The number of rotatable bonds is 5. The summed E-state index contributed by atoms with van der Waals surface area (Å²) in [4.78, 5) is 3.83.